The number of hydrogen-bond donors (Lipinski definition) is 1. The van der Waals surface area contributed by atoms with Crippen molar-refractivity contribution in [3.8, 4) is 11.5 Å². The van der Waals surface area contributed by atoms with Crippen LogP contribution in [0.1, 0.15) is 50.3 Å². The Bertz CT molecular complexity index is 770. The van der Waals surface area contributed by atoms with Gasteiger partial charge in [0.25, 0.3) is 5.91 Å². The second-order valence-electron chi connectivity index (χ2n) is 7.49. The highest BCUT2D eigenvalue weighted by atomic mass is 16.5. The van der Waals surface area contributed by atoms with E-state index in [1.54, 1.807) is 0 Å². The van der Waals surface area contributed by atoms with Crippen LogP contribution < -0.4 is 14.8 Å². The molecule has 0 bridgehead atoms. The molecule has 2 aromatic carbocycles. The molecule has 1 N–H and O–H groups in total. The maximum Gasteiger partial charge on any atom is 0.261 e. The predicted octanol–water partition coefficient (Wildman–Crippen LogP) is 5.00. The standard InChI is InChI=1S/C24H33NO3/c1-6-22(28-23-13-12-18(4)15-19(23)5)24(26)25-14-8-10-20-9-7-11-21(16-20)27-17(2)3/h7,9,11-13,15-17,22H,6,8,10,14H2,1-5H3,(H,25,26)/t22-/m0/s1. The van der Waals surface area contributed by atoms with E-state index in [4.69, 9.17) is 9.47 Å². The Morgan fingerprint density at radius 1 is 1.07 bits per heavy atom. The van der Waals surface area contributed by atoms with Crippen LogP contribution >= 0.6 is 0 Å². The Hall–Kier alpha value is -2.49. The molecular formula is C24H33NO3. The zero-order valence-corrected chi connectivity index (χ0v) is 17.7. The third kappa shape index (κ3) is 6.91. The van der Waals surface area contributed by atoms with E-state index in [0.29, 0.717) is 13.0 Å². The van der Waals surface area contributed by atoms with Gasteiger partial charge in [-0.2, -0.15) is 0 Å². The van der Waals surface area contributed by atoms with Crippen LogP contribution in [-0.2, 0) is 11.2 Å². The van der Waals surface area contributed by atoms with Crippen LogP contribution in [0.15, 0.2) is 42.5 Å². The number of carbonyl (C=O) groups excluding carboxylic acids is 1. The van der Waals surface area contributed by atoms with Crippen molar-refractivity contribution in [2.75, 3.05) is 6.54 Å². The number of carbonyl (C=O) groups is 1. The van der Waals surface area contributed by atoms with Crippen LogP contribution in [0.5, 0.6) is 11.5 Å². The Kier molecular flexibility index (Phi) is 8.37. The maximum absolute atomic E-state index is 12.5. The molecule has 0 aliphatic heterocycles. The molecule has 0 aliphatic rings. The number of hydrogen-bond acceptors (Lipinski definition) is 3. The molecule has 0 radical (unpaired) electrons. The first-order valence-corrected chi connectivity index (χ1v) is 10.2. The Morgan fingerprint density at radius 3 is 2.54 bits per heavy atom. The minimum absolute atomic E-state index is 0.0561. The van der Waals surface area contributed by atoms with Crippen LogP contribution in [0.4, 0.5) is 0 Å². The topological polar surface area (TPSA) is 47.6 Å². The van der Waals surface area contributed by atoms with Gasteiger partial charge in [-0.15, -0.1) is 0 Å². The lowest BCUT2D eigenvalue weighted by Gasteiger charge is -2.19. The van der Waals surface area contributed by atoms with E-state index in [-0.39, 0.29) is 12.0 Å². The molecule has 0 spiro atoms. The van der Waals surface area contributed by atoms with E-state index in [0.717, 1.165) is 29.9 Å². The largest absolute Gasteiger partial charge is 0.491 e. The first-order valence-electron chi connectivity index (χ1n) is 10.2. The lowest BCUT2D eigenvalue weighted by Crippen LogP contribution is -2.38. The second kappa shape index (κ2) is 10.7. The first kappa shape index (κ1) is 21.8. The van der Waals surface area contributed by atoms with Crippen LogP contribution in [-0.4, -0.2) is 24.7 Å². The average molecular weight is 384 g/mol. The summed E-state index contributed by atoms with van der Waals surface area (Å²) in [5, 5.41) is 3.01. The predicted molar refractivity (Wildman–Crippen MR) is 114 cm³/mol. The van der Waals surface area contributed by atoms with Crippen molar-refractivity contribution < 1.29 is 14.3 Å². The number of ether oxygens (including phenoxy) is 2. The van der Waals surface area contributed by atoms with Gasteiger partial charge < -0.3 is 14.8 Å². The van der Waals surface area contributed by atoms with Crippen molar-refractivity contribution in [3.63, 3.8) is 0 Å². The van der Waals surface area contributed by atoms with E-state index < -0.39 is 6.10 Å². The summed E-state index contributed by atoms with van der Waals surface area (Å²) in [6, 6.07) is 14.2. The molecule has 2 aromatic rings. The van der Waals surface area contributed by atoms with Crippen molar-refractivity contribution >= 4 is 5.91 Å². The van der Waals surface area contributed by atoms with Gasteiger partial charge in [0.1, 0.15) is 11.5 Å². The summed E-state index contributed by atoms with van der Waals surface area (Å²) in [5.74, 6) is 1.61. The highest BCUT2D eigenvalue weighted by Gasteiger charge is 2.18. The molecule has 152 valence electrons. The maximum atomic E-state index is 12.5. The van der Waals surface area contributed by atoms with Crippen molar-refractivity contribution in [1.29, 1.82) is 0 Å². The highest BCUT2D eigenvalue weighted by molar-refractivity contribution is 5.81. The van der Waals surface area contributed by atoms with Crippen molar-refractivity contribution in [3.05, 3.63) is 59.2 Å². The summed E-state index contributed by atoms with van der Waals surface area (Å²) in [4.78, 5) is 12.5. The number of nitrogens with one attached hydrogen (secondary N) is 1. The van der Waals surface area contributed by atoms with Crippen molar-refractivity contribution in [1.82, 2.24) is 5.32 Å². The van der Waals surface area contributed by atoms with E-state index in [9.17, 15) is 4.79 Å². The molecule has 1 amide bonds. The summed E-state index contributed by atoms with van der Waals surface area (Å²) in [7, 11) is 0. The lowest BCUT2D eigenvalue weighted by atomic mass is 10.1. The van der Waals surface area contributed by atoms with Gasteiger partial charge in [0, 0.05) is 6.54 Å². The fourth-order valence-corrected chi connectivity index (χ4v) is 3.07. The molecule has 0 saturated carbocycles. The van der Waals surface area contributed by atoms with Crippen molar-refractivity contribution in [2.45, 2.75) is 66.1 Å². The summed E-state index contributed by atoms with van der Waals surface area (Å²) < 4.78 is 11.7. The van der Waals surface area contributed by atoms with Crippen LogP contribution in [0, 0.1) is 13.8 Å². The minimum Gasteiger partial charge on any atom is -0.491 e. The van der Waals surface area contributed by atoms with Gasteiger partial charge in [0.05, 0.1) is 6.10 Å². The first-order chi connectivity index (χ1) is 13.4. The quantitative estimate of drug-likeness (QED) is 0.588. The third-order valence-corrected chi connectivity index (χ3v) is 4.47. The molecule has 0 aliphatic carbocycles. The van der Waals surface area contributed by atoms with Gasteiger partial charge in [-0.25, -0.2) is 0 Å². The smallest absolute Gasteiger partial charge is 0.261 e. The molecule has 2 rings (SSSR count). The molecule has 4 heteroatoms. The normalized spacial score (nSPS) is 11.9. The SMILES string of the molecule is CC[C@H](Oc1ccc(C)cc1C)C(=O)NCCCc1cccc(OC(C)C)c1. The molecule has 0 unspecified atom stereocenters. The zero-order chi connectivity index (χ0) is 20.5. The summed E-state index contributed by atoms with van der Waals surface area (Å²) in [6.45, 7) is 10.7. The van der Waals surface area contributed by atoms with E-state index in [1.165, 1.54) is 11.1 Å². The van der Waals surface area contributed by atoms with E-state index >= 15 is 0 Å². The Morgan fingerprint density at radius 2 is 1.86 bits per heavy atom. The molecule has 0 aromatic heterocycles. The number of aryl methyl sites for hydroxylation is 3. The van der Waals surface area contributed by atoms with Gasteiger partial charge in [0.15, 0.2) is 6.10 Å². The van der Waals surface area contributed by atoms with E-state index in [1.807, 2.05) is 58.9 Å². The number of benzene rings is 2. The molecule has 0 heterocycles. The monoisotopic (exact) mass is 383 g/mol. The van der Waals surface area contributed by atoms with Gasteiger partial charge in [-0.05, 0) is 76.3 Å². The van der Waals surface area contributed by atoms with Crippen LogP contribution in [0.25, 0.3) is 0 Å². The number of rotatable bonds is 10. The van der Waals surface area contributed by atoms with Crippen LogP contribution in [0.3, 0.4) is 0 Å². The fraction of sp³-hybridized carbons (Fsp3) is 0.458. The Balaban J connectivity index is 1.80. The van der Waals surface area contributed by atoms with Gasteiger partial charge >= 0.3 is 0 Å². The zero-order valence-electron chi connectivity index (χ0n) is 17.7. The number of amides is 1. The molecule has 4 nitrogen and oxygen atoms in total. The molecular weight excluding hydrogens is 350 g/mol. The van der Waals surface area contributed by atoms with Crippen molar-refractivity contribution in [2.24, 2.45) is 0 Å². The van der Waals surface area contributed by atoms with Crippen LogP contribution in [0.2, 0.25) is 0 Å². The molecule has 0 fully saturated rings. The fourth-order valence-electron chi connectivity index (χ4n) is 3.07. The second-order valence-corrected chi connectivity index (χ2v) is 7.49. The summed E-state index contributed by atoms with van der Waals surface area (Å²) in [6.07, 6.45) is 2.09. The molecule has 28 heavy (non-hydrogen) atoms. The minimum atomic E-state index is -0.468. The summed E-state index contributed by atoms with van der Waals surface area (Å²) >= 11 is 0. The van der Waals surface area contributed by atoms with Gasteiger partial charge in [0.2, 0.25) is 0 Å². The van der Waals surface area contributed by atoms with E-state index in [2.05, 4.69) is 23.5 Å². The average Bonchev–Trinajstić information content (AvgIpc) is 2.64. The van der Waals surface area contributed by atoms with Gasteiger partial charge in [-0.1, -0.05) is 36.8 Å². The van der Waals surface area contributed by atoms with Gasteiger partial charge in [-0.3, -0.25) is 4.79 Å². The molecule has 1 atom stereocenters. The molecule has 0 saturated heterocycles. The third-order valence-electron chi connectivity index (χ3n) is 4.47. The summed E-state index contributed by atoms with van der Waals surface area (Å²) in [5.41, 5.74) is 3.45. The Labute approximate surface area is 169 Å². The lowest BCUT2D eigenvalue weighted by molar-refractivity contribution is -0.128. The highest BCUT2D eigenvalue weighted by Crippen LogP contribution is 2.21.